The van der Waals surface area contributed by atoms with Crippen LogP contribution < -0.4 is 15.5 Å². The smallest absolute Gasteiger partial charge is 0.290 e. The molecule has 0 bridgehead atoms. The molecule has 2 fully saturated rings. The van der Waals surface area contributed by atoms with Crippen LogP contribution in [0.2, 0.25) is 0 Å². The zero-order chi connectivity index (χ0) is 20.1. The zero-order valence-electron chi connectivity index (χ0n) is 16.6. The average Bonchev–Trinajstić information content (AvgIpc) is 3.38. The summed E-state index contributed by atoms with van der Waals surface area (Å²) < 4.78 is 0. The molecule has 0 radical (unpaired) electrons. The molecule has 0 atom stereocenters. The van der Waals surface area contributed by atoms with Crippen LogP contribution in [0, 0.1) is 24.0 Å². The molecule has 2 aromatic heterocycles. The lowest BCUT2D eigenvalue weighted by Crippen LogP contribution is -2.19. The van der Waals surface area contributed by atoms with Gasteiger partial charge in [-0.3, -0.25) is 10.1 Å². The molecule has 0 unspecified atom stereocenters. The van der Waals surface area contributed by atoms with E-state index in [1.165, 1.54) is 31.9 Å². The Morgan fingerprint density at radius 1 is 0.893 bits per heavy atom. The van der Waals surface area contributed by atoms with Gasteiger partial charge in [-0.05, 0) is 57.2 Å². The number of hydrogen-bond donors (Lipinski definition) is 1. The molecule has 0 aromatic carbocycles. The van der Waals surface area contributed by atoms with Crippen molar-refractivity contribution < 1.29 is 4.92 Å². The zero-order valence-corrected chi connectivity index (χ0v) is 16.6. The van der Waals surface area contributed by atoms with Crippen molar-refractivity contribution >= 4 is 23.0 Å². The first-order chi connectivity index (χ1) is 13.5. The predicted molar refractivity (Wildman–Crippen MR) is 112 cm³/mol. The van der Waals surface area contributed by atoms with Gasteiger partial charge in [0.1, 0.15) is 17.8 Å². The molecular formula is C20H28N6O2. The van der Waals surface area contributed by atoms with Crippen molar-refractivity contribution in [3.63, 3.8) is 0 Å². The van der Waals surface area contributed by atoms with Gasteiger partial charge >= 0.3 is 0 Å². The number of aryl methyl sites for hydroxylation is 2. The second-order valence-electron chi connectivity index (χ2n) is 7.37. The molecule has 2 N–H and O–H groups in total. The van der Waals surface area contributed by atoms with Crippen LogP contribution in [0.5, 0.6) is 0 Å². The van der Waals surface area contributed by atoms with E-state index in [2.05, 4.69) is 25.8 Å². The second kappa shape index (κ2) is 8.86. The number of aromatic nitrogens is 2. The fraction of sp³-hybridized carbons (Fsp3) is 0.500. The highest BCUT2D eigenvalue weighted by Crippen LogP contribution is 2.24. The highest BCUT2D eigenvalue weighted by atomic mass is 16.6. The Morgan fingerprint density at radius 3 is 1.79 bits per heavy atom. The summed E-state index contributed by atoms with van der Waals surface area (Å²) in [5.41, 5.74) is 8.38. The minimum atomic E-state index is -0.393. The first kappa shape index (κ1) is 19.9. The van der Waals surface area contributed by atoms with Crippen molar-refractivity contribution in [2.45, 2.75) is 39.5 Å². The Balaban J connectivity index is 0.000000162. The number of nitro groups is 1. The summed E-state index contributed by atoms with van der Waals surface area (Å²) >= 11 is 0. The summed E-state index contributed by atoms with van der Waals surface area (Å²) in [4.78, 5) is 23.1. The fourth-order valence-corrected chi connectivity index (χ4v) is 3.52. The number of pyridine rings is 2. The maximum absolute atomic E-state index is 10.6. The van der Waals surface area contributed by atoms with Crippen molar-refractivity contribution in [1.29, 1.82) is 0 Å². The molecular weight excluding hydrogens is 356 g/mol. The number of nitrogens with zero attached hydrogens (tertiary/aromatic N) is 5. The van der Waals surface area contributed by atoms with Gasteiger partial charge in [-0.1, -0.05) is 0 Å². The summed E-state index contributed by atoms with van der Waals surface area (Å²) in [6.07, 6.45) is 8.03. The van der Waals surface area contributed by atoms with Crippen LogP contribution in [0.4, 0.5) is 23.0 Å². The molecule has 0 saturated carbocycles. The second-order valence-corrected chi connectivity index (χ2v) is 7.37. The van der Waals surface area contributed by atoms with Crippen LogP contribution in [0.25, 0.3) is 0 Å². The maximum Gasteiger partial charge on any atom is 0.290 e. The lowest BCUT2D eigenvalue weighted by Gasteiger charge is -2.16. The molecule has 8 heteroatoms. The standard InChI is InChI=1S/C10H13N3O2.C10H15N3/c1-8-6-10(12-4-2-3-5-12)11-7-9(8)13(14)15;1-8-6-10(12-7-9(8)11)13-4-2-3-5-13/h6-7H,2-5H2,1H3;6-7H,2-5,11H2,1H3. The van der Waals surface area contributed by atoms with Gasteiger partial charge in [-0.15, -0.1) is 0 Å². The van der Waals surface area contributed by atoms with Crippen LogP contribution in [-0.4, -0.2) is 41.1 Å². The van der Waals surface area contributed by atoms with Crippen molar-refractivity contribution in [1.82, 2.24) is 9.97 Å². The molecule has 0 spiro atoms. The Bertz CT molecular complexity index is 829. The van der Waals surface area contributed by atoms with E-state index in [0.717, 1.165) is 49.1 Å². The summed E-state index contributed by atoms with van der Waals surface area (Å²) in [6, 6.07) is 3.87. The first-order valence-corrected chi connectivity index (χ1v) is 9.79. The van der Waals surface area contributed by atoms with E-state index in [-0.39, 0.29) is 5.69 Å². The molecule has 2 aromatic rings. The molecule has 4 heterocycles. The molecule has 4 rings (SSSR count). The van der Waals surface area contributed by atoms with E-state index in [1.807, 2.05) is 6.92 Å². The summed E-state index contributed by atoms with van der Waals surface area (Å²) in [5.74, 6) is 1.93. The van der Waals surface area contributed by atoms with Crippen molar-refractivity contribution in [2.24, 2.45) is 0 Å². The third kappa shape index (κ3) is 4.68. The fourth-order valence-electron chi connectivity index (χ4n) is 3.52. The SMILES string of the molecule is Cc1cc(N2CCCC2)ncc1N.Cc1cc(N2CCCC2)ncc1[N+](=O)[O-]. The van der Waals surface area contributed by atoms with Gasteiger partial charge in [0.25, 0.3) is 5.69 Å². The van der Waals surface area contributed by atoms with E-state index >= 15 is 0 Å². The largest absolute Gasteiger partial charge is 0.397 e. The van der Waals surface area contributed by atoms with Crippen LogP contribution in [-0.2, 0) is 0 Å². The number of anilines is 3. The van der Waals surface area contributed by atoms with Gasteiger partial charge in [-0.25, -0.2) is 9.97 Å². The van der Waals surface area contributed by atoms with Crippen LogP contribution in [0.15, 0.2) is 24.5 Å². The summed E-state index contributed by atoms with van der Waals surface area (Å²) in [6.45, 7) is 8.05. The number of nitrogens with two attached hydrogens (primary N) is 1. The van der Waals surface area contributed by atoms with E-state index in [4.69, 9.17) is 5.73 Å². The Hall–Kier alpha value is -2.90. The van der Waals surface area contributed by atoms with Crippen molar-refractivity contribution in [3.8, 4) is 0 Å². The van der Waals surface area contributed by atoms with E-state index in [0.29, 0.717) is 5.56 Å². The van der Waals surface area contributed by atoms with Crippen molar-refractivity contribution in [3.05, 3.63) is 45.8 Å². The minimum absolute atomic E-state index is 0.0953. The molecule has 2 saturated heterocycles. The maximum atomic E-state index is 10.6. The molecule has 0 amide bonds. The monoisotopic (exact) mass is 384 g/mol. The van der Waals surface area contributed by atoms with Crippen LogP contribution >= 0.6 is 0 Å². The Labute approximate surface area is 165 Å². The Morgan fingerprint density at radius 2 is 1.36 bits per heavy atom. The summed E-state index contributed by atoms with van der Waals surface area (Å²) in [7, 11) is 0. The molecule has 8 nitrogen and oxygen atoms in total. The number of rotatable bonds is 3. The predicted octanol–water partition coefficient (Wildman–Crippen LogP) is 3.47. The normalized spacial score (nSPS) is 16.1. The highest BCUT2D eigenvalue weighted by molar-refractivity contribution is 5.52. The first-order valence-electron chi connectivity index (χ1n) is 9.79. The van der Waals surface area contributed by atoms with E-state index < -0.39 is 4.92 Å². The third-order valence-corrected chi connectivity index (χ3v) is 5.26. The molecule has 28 heavy (non-hydrogen) atoms. The lowest BCUT2D eigenvalue weighted by atomic mass is 10.2. The third-order valence-electron chi connectivity index (χ3n) is 5.26. The molecule has 150 valence electrons. The van der Waals surface area contributed by atoms with Gasteiger partial charge in [-0.2, -0.15) is 0 Å². The van der Waals surface area contributed by atoms with Gasteiger partial charge in [0.2, 0.25) is 0 Å². The van der Waals surface area contributed by atoms with Crippen LogP contribution in [0.3, 0.4) is 0 Å². The van der Waals surface area contributed by atoms with E-state index in [1.54, 1.807) is 19.2 Å². The number of hydrogen-bond acceptors (Lipinski definition) is 7. The number of nitrogen functional groups attached to an aromatic ring is 1. The molecule has 0 aliphatic carbocycles. The Kier molecular flexibility index (Phi) is 6.28. The van der Waals surface area contributed by atoms with E-state index in [9.17, 15) is 10.1 Å². The quantitative estimate of drug-likeness (QED) is 0.638. The minimum Gasteiger partial charge on any atom is -0.397 e. The topological polar surface area (TPSA) is 101 Å². The summed E-state index contributed by atoms with van der Waals surface area (Å²) in [5, 5.41) is 10.6. The van der Waals surface area contributed by atoms with Crippen LogP contribution in [0.1, 0.15) is 36.8 Å². The van der Waals surface area contributed by atoms with Crippen molar-refractivity contribution in [2.75, 3.05) is 41.7 Å². The lowest BCUT2D eigenvalue weighted by molar-refractivity contribution is -0.385. The van der Waals surface area contributed by atoms with Gasteiger partial charge < -0.3 is 15.5 Å². The molecule has 2 aliphatic rings. The van der Waals surface area contributed by atoms with Gasteiger partial charge in [0.05, 0.1) is 16.8 Å². The molecule has 2 aliphatic heterocycles. The van der Waals surface area contributed by atoms with Gasteiger partial charge in [0, 0.05) is 31.7 Å². The average molecular weight is 384 g/mol. The van der Waals surface area contributed by atoms with Gasteiger partial charge in [0.15, 0.2) is 0 Å². The highest BCUT2D eigenvalue weighted by Gasteiger charge is 2.17.